The number of benzene rings is 1. The van der Waals surface area contributed by atoms with E-state index in [-0.39, 0.29) is 12.2 Å². The molecule has 2 heterocycles. The van der Waals surface area contributed by atoms with Crippen LogP contribution in [0.5, 0.6) is 5.75 Å². The molecule has 0 radical (unpaired) electrons. The number of hydrogen-bond donors (Lipinski definition) is 0. The van der Waals surface area contributed by atoms with Gasteiger partial charge in [-0.05, 0) is 38.2 Å². The van der Waals surface area contributed by atoms with Gasteiger partial charge in [0.25, 0.3) is 10.7 Å². The van der Waals surface area contributed by atoms with E-state index in [1.807, 2.05) is 24.3 Å². The van der Waals surface area contributed by atoms with Gasteiger partial charge in [-0.2, -0.15) is 0 Å². The molecule has 2 atom stereocenters. The summed E-state index contributed by atoms with van der Waals surface area (Å²) in [5.74, 6) is 1.19. The molecular weight excluding hydrogens is 314 g/mol. The van der Waals surface area contributed by atoms with Crippen molar-refractivity contribution in [1.29, 1.82) is 0 Å². The summed E-state index contributed by atoms with van der Waals surface area (Å²) in [6.45, 7) is 6.44. The van der Waals surface area contributed by atoms with Crippen molar-refractivity contribution in [2.75, 3.05) is 20.2 Å². The van der Waals surface area contributed by atoms with Gasteiger partial charge in [0, 0.05) is 13.1 Å². The molecule has 0 bridgehead atoms. The molecule has 1 aromatic carbocycles. The zero-order valence-corrected chi connectivity index (χ0v) is 14.4. The fourth-order valence-electron chi connectivity index (χ4n) is 2.92. The average molecular weight is 335 g/mol. The third-order valence-electron chi connectivity index (χ3n) is 3.77. The summed E-state index contributed by atoms with van der Waals surface area (Å²) >= 11 is 5.31. The molecule has 6 nitrogen and oxygen atoms in total. The highest BCUT2D eigenvalue weighted by molar-refractivity contribution is 7.71. The zero-order chi connectivity index (χ0) is 16.4. The monoisotopic (exact) mass is 335 g/mol. The van der Waals surface area contributed by atoms with Crippen LogP contribution in [0.15, 0.2) is 28.7 Å². The first-order chi connectivity index (χ1) is 11.1. The van der Waals surface area contributed by atoms with E-state index in [9.17, 15) is 0 Å². The van der Waals surface area contributed by atoms with Gasteiger partial charge in [0.2, 0.25) is 0 Å². The maximum atomic E-state index is 5.75. The molecule has 3 rings (SSSR count). The van der Waals surface area contributed by atoms with Crippen molar-refractivity contribution in [2.45, 2.75) is 32.7 Å². The summed E-state index contributed by atoms with van der Waals surface area (Å²) in [5, 5.41) is 4.52. The molecule has 124 valence electrons. The molecule has 23 heavy (non-hydrogen) atoms. The SMILES string of the molecule is COc1ccccc1-c1nn(CN2C[C@@H](C)O[C@@H](C)C2)c(=S)o1. The van der Waals surface area contributed by atoms with E-state index in [1.165, 1.54) is 0 Å². The predicted octanol–water partition coefficient (Wildman–Crippen LogP) is 2.95. The van der Waals surface area contributed by atoms with E-state index < -0.39 is 0 Å². The van der Waals surface area contributed by atoms with Crippen LogP contribution in [0.3, 0.4) is 0 Å². The van der Waals surface area contributed by atoms with Gasteiger partial charge >= 0.3 is 0 Å². The normalized spacial score (nSPS) is 22.2. The Kier molecular flexibility index (Phi) is 4.79. The third kappa shape index (κ3) is 3.63. The third-order valence-corrected chi connectivity index (χ3v) is 4.07. The maximum absolute atomic E-state index is 5.75. The van der Waals surface area contributed by atoms with Gasteiger partial charge in [0.05, 0.1) is 31.5 Å². The molecule has 1 aliphatic heterocycles. The van der Waals surface area contributed by atoms with Crippen molar-refractivity contribution in [3.63, 3.8) is 0 Å². The fourth-order valence-corrected chi connectivity index (χ4v) is 3.09. The Bertz CT molecular complexity index is 717. The number of morpholine rings is 1. The molecule has 1 fully saturated rings. The molecule has 2 aromatic rings. The smallest absolute Gasteiger partial charge is 0.288 e. The van der Waals surface area contributed by atoms with Crippen molar-refractivity contribution in [2.24, 2.45) is 0 Å². The average Bonchev–Trinajstić information content (AvgIpc) is 2.87. The Morgan fingerprint density at radius 1 is 1.26 bits per heavy atom. The fraction of sp³-hybridized carbons (Fsp3) is 0.500. The summed E-state index contributed by atoms with van der Waals surface area (Å²) in [6.07, 6.45) is 0.405. The Balaban J connectivity index is 1.83. The minimum atomic E-state index is 0.202. The van der Waals surface area contributed by atoms with Crippen molar-refractivity contribution < 1.29 is 13.9 Å². The highest BCUT2D eigenvalue weighted by atomic mass is 32.1. The van der Waals surface area contributed by atoms with Crippen LogP contribution in [0.25, 0.3) is 11.5 Å². The Labute approximate surface area is 140 Å². The van der Waals surface area contributed by atoms with Gasteiger partial charge in [-0.25, -0.2) is 4.68 Å². The molecule has 0 spiro atoms. The topological polar surface area (TPSA) is 52.7 Å². The Hall–Kier alpha value is -1.70. The van der Waals surface area contributed by atoms with Crippen LogP contribution in [0.4, 0.5) is 0 Å². The summed E-state index contributed by atoms with van der Waals surface area (Å²) in [4.78, 5) is 2.63. The van der Waals surface area contributed by atoms with Crippen LogP contribution in [0, 0.1) is 4.84 Å². The highest BCUT2D eigenvalue weighted by Gasteiger charge is 2.23. The molecule has 1 aliphatic rings. The lowest BCUT2D eigenvalue weighted by molar-refractivity contribution is -0.0778. The highest BCUT2D eigenvalue weighted by Crippen LogP contribution is 2.28. The number of nitrogens with zero attached hydrogens (tertiary/aromatic N) is 3. The number of rotatable bonds is 4. The first-order valence-electron chi connectivity index (χ1n) is 7.66. The van der Waals surface area contributed by atoms with E-state index in [1.54, 1.807) is 11.8 Å². The second-order valence-electron chi connectivity index (χ2n) is 5.81. The molecule has 0 aliphatic carbocycles. The van der Waals surface area contributed by atoms with Crippen LogP contribution in [0.2, 0.25) is 0 Å². The van der Waals surface area contributed by atoms with Gasteiger partial charge in [0.15, 0.2) is 0 Å². The van der Waals surface area contributed by atoms with E-state index in [0.29, 0.717) is 23.1 Å². The summed E-state index contributed by atoms with van der Waals surface area (Å²) in [5.41, 5.74) is 0.795. The Morgan fingerprint density at radius 3 is 2.65 bits per heavy atom. The molecule has 1 aromatic heterocycles. The Morgan fingerprint density at radius 2 is 1.96 bits per heavy atom. The van der Waals surface area contributed by atoms with E-state index in [0.717, 1.165) is 18.7 Å². The lowest BCUT2D eigenvalue weighted by atomic mass is 10.2. The molecule has 0 N–H and O–H groups in total. The van der Waals surface area contributed by atoms with Crippen LogP contribution in [0.1, 0.15) is 13.8 Å². The maximum Gasteiger partial charge on any atom is 0.288 e. The first-order valence-corrected chi connectivity index (χ1v) is 8.07. The van der Waals surface area contributed by atoms with Gasteiger partial charge < -0.3 is 13.9 Å². The second kappa shape index (κ2) is 6.82. The summed E-state index contributed by atoms with van der Waals surface area (Å²) < 4.78 is 18.5. The van der Waals surface area contributed by atoms with E-state index >= 15 is 0 Å². The lowest BCUT2D eigenvalue weighted by Crippen LogP contribution is -2.46. The van der Waals surface area contributed by atoms with Gasteiger partial charge in [-0.3, -0.25) is 4.90 Å². The zero-order valence-electron chi connectivity index (χ0n) is 13.6. The minimum Gasteiger partial charge on any atom is -0.496 e. The van der Waals surface area contributed by atoms with Gasteiger partial charge in [-0.15, -0.1) is 5.10 Å². The van der Waals surface area contributed by atoms with E-state index in [2.05, 4.69) is 23.8 Å². The van der Waals surface area contributed by atoms with Crippen LogP contribution >= 0.6 is 12.2 Å². The van der Waals surface area contributed by atoms with Crippen molar-refractivity contribution in [1.82, 2.24) is 14.7 Å². The predicted molar refractivity (Wildman–Crippen MR) is 88.9 cm³/mol. The molecule has 0 saturated carbocycles. The largest absolute Gasteiger partial charge is 0.496 e. The van der Waals surface area contributed by atoms with Crippen LogP contribution in [-0.4, -0.2) is 47.1 Å². The number of methoxy groups -OCH3 is 1. The van der Waals surface area contributed by atoms with E-state index in [4.69, 9.17) is 26.1 Å². The quantitative estimate of drug-likeness (QED) is 0.801. The number of aromatic nitrogens is 2. The van der Waals surface area contributed by atoms with Gasteiger partial charge in [-0.1, -0.05) is 12.1 Å². The molecule has 7 heteroatoms. The molecule has 1 saturated heterocycles. The second-order valence-corrected chi connectivity index (χ2v) is 6.16. The lowest BCUT2D eigenvalue weighted by Gasteiger charge is -2.34. The summed E-state index contributed by atoms with van der Waals surface area (Å²) in [7, 11) is 1.63. The first kappa shape index (κ1) is 16.2. The van der Waals surface area contributed by atoms with Crippen molar-refractivity contribution >= 4 is 12.2 Å². The van der Waals surface area contributed by atoms with Crippen molar-refractivity contribution in [3.05, 3.63) is 29.1 Å². The van der Waals surface area contributed by atoms with Crippen LogP contribution in [-0.2, 0) is 11.4 Å². The number of hydrogen-bond acceptors (Lipinski definition) is 6. The molecule has 0 amide bonds. The minimum absolute atomic E-state index is 0.202. The van der Waals surface area contributed by atoms with Gasteiger partial charge in [0.1, 0.15) is 5.75 Å². The number of para-hydroxylation sites is 1. The summed E-state index contributed by atoms with van der Waals surface area (Å²) in [6, 6.07) is 7.60. The number of ether oxygens (including phenoxy) is 2. The molecular formula is C16H21N3O3S. The standard InChI is InChI=1S/C16H21N3O3S/c1-11-8-18(9-12(2)21-11)10-19-16(23)22-15(17-19)13-6-4-5-7-14(13)20-3/h4-7,11-12H,8-10H2,1-3H3/t11-,12+. The van der Waals surface area contributed by atoms with Crippen molar-refractivity contribution in [3.8, 4) is 17.2 Å². The van der Waals surface area contributed by atoms with Crippen LogP contribution < -0.4 is 4.74 Å². The molecule has 0 unspecified atom stereocenters.